The standard InChI is InChI=1S/C10H18N2O5/c13-4-2-7-1-3-12(5-7)10(17)11-8(6-14)9(15)16/h7-8,13-14H,1-6H2,(H,11,17)(H,15,16)/t7?,8-/m1/s1. The van der Waals surface area contributed by atoms with E-state index in [9.17, 15) is 9.59 Å². The van der Waals surface area contributed by atoms with Gasteiger partial charge in [0, 0.05) is 19.7 Å². The number of carbonyl (C=O) groups excluding carboxylic acids is 1. The Morgan fingerprint density at radius 3 is 2.65 bits per heavy atom. The molecule has 0 radical (unpaired) electrons. The van der Waals surface area contributed by atoms with E-state index < -0.39 is 24.6 Å². The van der Waals surface area contributed by atoms with E-state index in [1.54, 1.807) is 0 Å². The van der Waals surface area contributed by atoms with Crippen LogP contribution in [0.5, 0.6) is 0 Å². The summed E-state index contributed by atoms with van der Waals surface area (Å²) in [5, 5.41) is 28.5. The Labute approximate surface area is 99.0 Å². The van der Waals surface area contributed by atoms with Gasteiger partial charge in [0.15, 0.2) is 6.04 Å². The number of carboxylic acid groups (broad SMARTS) is 1. The number of carbonyl (C=O) groups is 2. The molecule has 0 aliphatic carbocycles. The molecule has 0 aromatic rings. The molecule has 0 spiro atoms. The highest BCUT2D eigenvalue weighted by Gasteiger charge is 2.28. The number of aliphatic hydroxyl groups is 2. The second-order valence-electron chi connectivity index (χ2n) is 4.14. The monoisotopic (exact) mass is 246 g/mol. The van der Waals surface area contributed by atoms with E-state index in [-0.39, 0.29) is 12.5 Å². The predicted molar refractivity (Wildman–Crippen MR) is 58.4 cm³/mol. The number of likely N-dealkylation sites (tertiary alicyclic amines) is 1. The lowest BCUT2D eigenvalue weighted by Crippen LogP contribution is -2.48. The Balaban J connectivity index is 2.41. The van der Waals surface area contributed by atoms with Crippen LogP contribution in [0.2, 0.25) is 0 Å². The molecule has 1 aliphatic rings. The number of aliphatic hydroxyl groups excluding tert-OH is 2. The third-order valence-electron chi connectivity index (χ3n) is 2.89. The van der Waals surface area contributed by atoms with Crippen molar-refractivity contribution in [2.45, 2.75) is 18.9 Å². The Morgan fingerprint density at radius 2 is 2.12 bits per heavy atom. The summed E-state index contributed by atoms with van der Waals surface area (Å²) in [4.78, 5) is 23.8. The first-order valence-electron chi connectivity index (χ1n) is 5.58. The first-order chi connectivity index (χ1) is 8.08. The van der Waals surface area contributed by atoms with E-state index in [1.807, 2.05) is 0 Å². The summed E-state index contributed by atoms with van der Waals surface area (Å²) in [6.07, 6.45) is 1.46. The fourth-order valence-electron chi connectivity index (χ4n) is 1.86. The zero-order valence-electron chi connectivity index (χ0n) is 9.50. The highest BCUT2D eigenvalue weighted by molar-refractivity contribution is 5.82. The fraction of sp³-hybridized carbons (Fsp3) is 0.800. The third-order valence-corrected chi connectivity index (χ3v) is 2.89. The minimum absolute atomic E-state index is 0.0918. The quantitative estimate of drug-likeness (QED) is 0.489. The van der Waals surface area contributed by atoms with E-state index in [0.29, 0.717) is 19.5 Å². The molecule has 1 saturated heterocycles. The van der Waals surface area contributed by atoms with Crippen molar-refractivity contribution in [3.05, 3.63) is 0 Å². The molecule has 7 nitrogen and oxygen atoms in total. The molecule has 17 heavy (non-hydrogen) atoms. The molecule has 2 atom stereocenters. The molecule has 98 valence electrons. The molecule has 0 aromatic heterocycles. The highest BCUT2D eigenvalue weighted by Crippen LogP contribution is 2.18. The summed E-state index contributed by atoms with van der Waals surface area (Å²) < 4.78 is 0. The van der Waals surface area contributed by atoms with Gasteiger partial charge in [-0.25, -0.2) is 9.59 Å². The molecule has 7 heteroatoms. The van der Waals surface area contributed by atoms with Crippen molar-refractivity contribution < 1.29 is 24.9 Å². The van der Waals surface area contributed by atoms with Gasteiger partial charge in [-0.3, -0.25) is 0 Å². The summed E-state index contributed by atoms with van der Waals surface area (Å²) >= 11 is 0. The maximum Gasteiger partial charge on any atom is 0.328 e. The van der Waals surface area contributed by atoms with E-state index in [4.69, 9.17) is 15.3 Å². The number of hydrogen-bond acceptors (Lipinski definition) is 4. The SMILES string of the molecule is O=C(O)[C@@H](CO)NC(=O)N1CCC(CCO)C1. The van der Waals surface area contributed by atoms with Gasteiger partial charge >= 0.3 is 12.0 Å². The lowest BCUT2D eigenvalue weighted by molar-refractivity contribution is -0.140. The van der Waals surface area contributed by atoms with Crippen LogP contribution in [0.4, 0.5) is 4.79 Å². The summed E-state index contributed by atoms with van der Waals surface area (Å²) in [5.74, 6) is -0.991. The Kier molecular flexibility index (Phi) is 5.17. The maximum absolute atomic E-state index is 11.6. The maximum atomic E-state index is 11.6. The molecule has 2 amide bonds. The van der Waals surface area contributed by atoms with Crippen molar-refractivity contribution in [2.24, 2.45) is 5.92 Å². The smallest absolute Gasteiger partial charge is 0.328 e. The zero-order valence-corrected chi connectivity index (χ0v) is 9.50. The van der Waals surface area contributed by atoms with Crippen LogP contribution in [0, 0.1) is 5.92 Å². The van der Waals surface area contributed by atoms with Crippen LogP contribution in [-0.4, -0.2) is 64.6 Å². The van der Waals surface area contributed by atoms with Gasteiger partial charge in [-0.1, -0.05) is 0 Å². The van der Waals surface area contributed by atoms with E-state index in [2.05, 4.69) is 5.32 Å². The summed E-state index contributed by atoms with van der Waals surface area (Å²) in [5.41, 5.74) is 0. The number of urea groups is 1. The van der Waals surface area contributed by atoms with Crippen LogP contribution in [0.3, 0.4) is 0 Å². The second kappa shape index (κ2) is 6.41. The average Bonchev–Trinajstić information content (AvgIpc) is 2.74. The number of nitrogens with zero attached hydrogens (tertiary/aromatic N) is 1. The number of aliphatic carboxylic acids is 1. The molecule has 0 saturated carbocycles. The van der Waals surface area contributed by atoms with Crippen LogP contribution in [0.15, 0.2) is 0 Å². The molecule has 1 unspecified atom stereocenters. The van der Waals surface area contributed by atoms with Gasteiger partial charge < -0.3 is 25.5 Å². The van der Waals surface area contributed by atoms with Crippen LogP contribution in [0.25, 0.3) is 0 Å². The van der Waals surface area contributed by atoms with E-state index in [1.165, 1.54) is 4.90 Å². The Bertz CT molecular complexity index is 284. The van der Waals surface area contributed by atoms with Crippen LogP contribution >= 0.6 is 0 Å². The first-order valence-corrected chi connectivity index (χ1v) is 5.58. The van der Waals surface area contributed by atoms with Crippen molar-refractivity contribution in [2.75, 3.05) is 26.3 Å². The molecule has 1 aliphatic heterocycles. The number of rotatable bonds is 5. The van der Waals surface area contributed by atoms with E-state index in [0.717, 1.165) is 6.42 Å². The van der Waals surface area contributed by atoms with Crippen LogP contribution in [0.1, 0.15) is 12.8 Å². The number of hydrogen-bond donors (Lipinski definition) is 4. The molecular formula is C10H18N2O5. The predicted octanol–water partition coefficient (Wildman–Crippen LogP) is -1.15. The zero-order chi connectivity index (χ0) is 12.8. The summed E-state index contributed by atoms with van der Waals surface area (Å²) in [7, 11) is 0. The second-order valence-corrected chi connectivity index (χ2v) is 4.14. The molecular weight excluding hydrogens is 228 g/mol. The molecule has 1 rings (SSSR count). The minimum Gasteiger partial charge on any atom is -0.480 e. The molecule has 0 bridgehead atoms. The highest BCUT2D eigenvalue weighted by atomic mass is 16.4. The van der Waals surface area contributed by atoms with Gasteiger partial charge in [0.2, 0.25) is 0 Å². The Hall–Kier alpha value is -1.34. The van der Waals surface area contributed by atoms with Gasteiger partial charge in [-0.2, -0.15) is 0 Å². The van der Waals surface area contributed by atoms with Crippen LogP contribution in [-0.2, 0) is 4.79 Å². The Morgan fingerprint density at radius 1 is 1.41 bits per heavy atom. The minimum atomic E-state index is -1.26. The van der Waals surface area contributed by atoms with Gasteiger partial charge in [-0.15, -0.1) is 0 Å². The van der Waals surface area contributed by atoms with Crippen molar-refractivity contribution in [1.82, 2.24) is 10.2 Å². The van der Waals surface area contributed by atoms with Crippen LogP contribution < -0.4 is 5.32 Å². The molecule has 1 heterocycles. The first kappa shape index (κ1) is 13.7. The fourth-order valence-corrected chi connectivity index (χ4v) is 1.86. The summed E-state index contributed by atoms with van der Waals surface area (Å²) in [6, 6.07) is -1.74. The van der Waals surface area contributed by atoms with Gasteiger partial charge in [0.1, 0.15) is 0 Å². The van der Waals surface area contributed by atoms with E-state index >= 15 is 0 Å². The van der Waals surface area contributed by atoms with Crippen molar-refractivity contribution in [1.29, 1.82) is 0 Å². The lowest BCUT2D eigenvalue weighted by atomic mass is 10.1. The lowest BCUT2D eigenvalue weighted by Gasteiger charge is -2.19. The normalized spacial score (nSPS) is 21.3. The topological polar surface area (TPSA) is 110 Å². The van der Waals surface area contributed by atoms with Gasteiger partial charge in [0.25, 0.3) is 0 Å². The third kappa shape index (κ3) is 3.86. The number of carboxylic acids is 1. The van der Waals surface area contributed by atoms with Crippen molar-refractivity contribution in [3.63, 3.8) is 0 Å². The largest absolute Gasteiger partial charge is 0.480 e. The van der Waals surface area contributed by atoms with Crippen molar-refractivity contribution in [3.8, 4) is 0 Å². The van der Waals surface area contributed by atoms with Gasteiger partial charge in [0.05, 0.1) is 6.61 Å². The average molecular weight is 246 g/mol. The van der Waals surface area contributed by atoms with Gasteiger partial charge in [-0.05, 0) is 18.8 Å². The number of amides is 2. The van der Waals surface area contributed by atoms with Crippen molar-refractivity contribution >= 4 is 12.0 Å². The molecule has 0 aromatic carbocycles. The molecule has 4 N–H and O–H groups in total. The summed E-state index contributed by atoms with van der Waals surface area (Å²) in [6.45, 7) is 0.530. The molecule has 1 fully saturated rings. The number of nitrogens with one attached hydrogen (secondary N) is 1.